The van der Waals surface area contributed by atoms with Gasteiger partial charge in [-0.25, -0.2) is 0 Å². The van der Waals surface area contributed by atoms with E-state index in [1.54, 1.807) is 6.07 Å². The van der Waals surface area contributed by atoms with Crippen molar-refractivity contribution in [3.8, 4) is 16.9 Å². The fourth-order valence-corrected chi connectivity index (χ4v) is 6.87. The molecule has 0 heterocycles. The lowest BCUT2D eigenvalue weighted by molar-refractivity contribution is -0.144. The van der Waals surface area contributed by atoms with Crippen LogP contribution >= 0.6 is 0 Å². The summed E-state index contributed by atoms with van der Waals surface area (Å²) in [7, 11) is 0. The molecular formula is C34H36O7. The van der Waals surface area contributed by atoms with Crippen LogP contribution in [0.15, 0.2) is 65.6 Å². The minimum atomic E-state index is -2.35. The second-order valence-electron chi connectivity index (χ2n) is 11.6. The minimum absolute atomic E-state index is 0.0344. The van der Waals surface area contributed by atoms with Gasteiger partial charge in [0.25, 0.3) is 0 Å². The molecule has 2 aromatic carbocycles. The molecule has 214 valence electrons. The normalized spacial score (nSPS) is 23.7. The quantitative estimate of drug-likeness (QED) is 0.236. The average Bonchev–Trinajstić information content (AvgIpc) is 2.91. The Morgan fingerprint density at radius 3 is 2.39 bits per heavy atom. The number of aliphatic hydroxyl groups excluding tert-OH is 2. The number of aliphatic hydroxyl groups is 3. The number of allylic oxidation sites excluding steroid dienone is 3. The first-order chi connectivity index (χ1) is 19.5. The summed E-state index contributed by atoms with van der Waals surface area (Å²) in [5.41, 5.74) is 1.74. The smallest absolute Gasteiger partial charge is 0.209 e. The topological polar surface area (TPSA) is 132 Å². The molecule has 0 bridgehead atoms. The van der Waals surface area contributed by atoms with Crippen molar-refractivity contribution in [3.05, 3.63) is 82.3 Å². The van der Waals surface area contributed by atoms with Gasteiger partial charge in [-0.05, 0) is 66.0 Å². The lowest BCUT2D eigenvalue weighted by atomic mass is 9.59. The van der Waals surface area contributed by atoms with Gasteiger partial charge in [0.2, 0.25) is 5.78 Å². The van der Waals surface area contributed by atoms with Gasteiger partial charge in [0.15, 0.2) is 11.4 Å². The Morgan fingerprint density at radius 2 is 1.73 bits per heavy atom. The van der Waals surface area contributed by atoms with Crippen LogP contribution in [-0.2, 0) is 27.2 Å². The number of carbonyl (C=O) groups excluding carboxylic acids is 3. The lowest BCUT2D eigenvalue weighted by Gasteiger charge is -2.47. The van der Waals surface area contributed by atoms with Crippen LogP contribution in [0.4, 0.5) is 0 Å². The Labute approximate surface area is 239 Å². The predicted octanol–water partition coefficient (Wildman–Crippen LogP) is 5.87. The SMILES string of the molecule is C=C1C2=C(O)[C@]3(O)C(=O)C(C(C)=O)=C(O)C[C@@H]3C[C@@H]2Cc2c(-c3ccc(CC(=O)CCCCC)cc3)ccc(O)c21. The molecule has 0 saturated heterocycles. The standard InChI is InChI=1S/C34H36O7/c1-4-5-6-7-24(36)14-20-8-10-21(11-9-20)25-12-13-27(37)30-18(2)29-22(16-26(25)30)15-23-17-28(38)31(19(3)35)33(40)34(23,41)32(29)39/h8-13,22-23,37-39,41H,2,4-7,14-17H2,1,3H3/t22-,23+,34+/m1/s1. The van der Waals surface area contributed by atoms with Crippen molar-refractivity contribution in [2.75, 3.05) is 0 Å². The molecule has 0 aliphatic heterocycles. The summed E-state index contributed by atoms with van der Waals surface area (Å²) in [5.74, 6) is -3.60. The number of benzene rings is 2. The number of carbonyl (C=O) groups is 3. The molecule has 41 heavy (non-hydrogen) atoms. The number of fused-ring (bicyclic) bond motifs is 3. The predicted molar refractivity (Wildman–Crippen MR) is 155 cm³/mol. The van der Waals surface area contributed by atoms with Gasteiger partial charge in [0.05, 0.1) is 0 Å². The molecule has 0 saturated carbocycles. The summed E-state index contributed by atoms with van der Waals surface area (Å²) in [6.07, 6.45) is 4.55. The molecule has 0 fully saturated rings. The van der Waals surface area contributed by atoms with Gasteiger partial charge < -0.3 is 20.4 Å². The van der Waals surface area contributed by atoms with Crippen LogP contribution in [0.5, 0.6) is 5.75 Å². The molecule has 0 unspecified atom stereocenters. The number of Topliss-reactive ketones (excluding diaryl/α,β-unsaturated/α-hetero) is 3. The monoisotopic (exact) mass is 556 g/mol. The highest BCUT2D eigenvalue weighted by Crippen LogP contribution is 2.55. The number of phenols is 1. The summed E-state index contributed by atoms with van der Waals surface area (Å²) in [5, 5.41) is 44.3. The third-order valence-corrected chi connectivity index (χ3v) is 8.93. The molecule has 3 atom stereocenters. The van der Waals surface area contributed by atoms with E-state index in [4.69, 9.17) is 0 Å². The highest BCUT2D eigenvalue weighted by atomic mass is 16.3. The zero-order chi connectivity index (χ0) is 29.6. The molecule has 0 amide bonds. The number of rotatable bonds is 8. The fourth-order valence-electron chi connectivity index (χ4n) is 6.87. The van der Waals surface area contributed by atoms with E-state index in [1.165, 1.54) is 0 Å². The Hall–Kier alpha value is -3.97. The maximum Gasteiger partial charge on any atom is 0.209 e. The van der Waals surface area contributed by atoms with Gasteiger partial charge in [-0.1, -0.05) is 56.7 Å². The Kier molecular flexibility index (Phi) is 7.51. The number of unbranched alkanes of at least 4 members (excludes halogenated alkanes) is 2. The zero-order valence-electron chi connectivity index (χ0n) is 23.5. The van der Waals surface area contributed by atoms with E-state index in [0.29, 0.717) is 36.0 Å². The highest BCUT2D eigenvalue weighted by Gasteiger charge is 2.58. The van der Waals surface area contributed by atoms with Gasteiger partial charge in [-0.15, -0.1) is 0 Å². The second kappa shape index (κ2) is 10.8. The van der Waals surface area contributed by atoms with Crippen molar-refractivity contribution in [2.45, 2.75) is 70.8 Å². The summed E-state index contributed by atoms with van der Waals surface area (Å²) < 4.78 is 0. The molecular weight excluding hydrogens is 520 g/mol. The van der Waals surface area contributed by atoms with Crippen LogP contribution in [0.2, 0.25) is 0 Å². The average molecular weight is 557 g/mol. The van der Waals surface area contributed by atoms with Crippen molar-refractivity contribution in [1.82, 2.24) is 0 Å². The highest BCUT2D eigenvalue weighted by molar-refractivity contribution is 6.24. The van der Waals surface area contributed by atoms with Crippen LogP contribution in [0.25, 0.3) is 16.7 Å². The zero-order valence-corrected chi connectivity index (χ0v) is 23.5. The minimum Gasteiger partial charge on any atom is -0.511 e. The lowest BCUT2D eigenvalue weighted by Crippen LogP contribution is -2.56. The van der Waals surface area contributed by atoms with E-state index >= 15 is 0 Å². The van der Waals surface area contributed by atoms with Gasteiger partial charge >= 0.3 is 0 Å². The Bertz CT molecular complexity index is 1520. The second-order valence-corrected chi connectivity index (χ2v) is 11.6. The third-order valence-electron chi connectivity index (χ3n) is 8.93. The van der Waals surface area contributed by atoms with E-state index in [9.17, 15) is 34.8 Å². The largest absolute Gasteiger partial charge is 0.511 e. The number of ketones is 3. The molecule has 4 N–H and O–H groups in total. The van der Waals surface area contributed by atoms with Crippen molar-refractivity contribution in [2.24, 2.45) is 11.8 Å². The summed E-state index contributed by atoms with van der Waals surface area (Å²) in [6, 6.07) is 11.2. The summed E-state index contributed by atoms with van der Waals surface area (Å²) in [4.78, 5) is 37.7. The molecule has 3 aliphatic carbocycles. The maximum absolute atomic E-state index is 13.3. The van der Waals surface area contributed by atoms with Crippen molar-refractivity contribution in [3.63, 3.8) is 0 Å². The first kappa shape index (κ1) is 28.6. The van der Waals surface area contributed by atoms with Crippen LogP contribution < -0.4 is 0 Å². The van der Waals surface area contributed by atoms with Crippen LogP contribution in [0.1, 0.15) is 69.1 Å². The van der Waals surface area contributed by atoms with Gasteiger partial charge in [-0.3, -0.25) is 14.4 Å². The van der Waals surface area contributed by atoms with E-state index in [2.05, 4.69) is 13.5 Å². The van der Waals surface area contributed by atoms with Crippen molar-refractivity contribution >= 4 is 22.9 Å². The van der Waals surface area contributed by atoms with Crippen molar-refractivity contribution in [1.29, 1.82) is 0 Å². The van der Waals surface area contributed by atoms with Gasteiger partial charge in [0, 0.05) is 36.3 Å². The molecule has 5 rings (SSSR count). The molecule has 3 aliphatic rings. The number of phenolic OH excluding ortho intramolecular Hbond substituents is 1. The molecule has 0 spiro atoms. The van der Waals surface area contributed by atoms with Crippen molar-refractivity contribution < 1.29 is 34.8 Å². The first-order valence-corrected chi connectivity index (χ1v) is 14.3. The first-order valence-electron chi connectivity index (χ1n) is 14.3. The number of aromatic hydroxyl groups is 1. The summed E-state index contributed by atoms with van der Waals surface area (Å²) in [6.45, 7) is 7.41. The Balaban J connectivity index is 1.50. The molecule has 0 radical (unpaired) electrons. The summed E-state index contributed by atoms with van der Waals surface area (Å²) >= 11 is 0. The third kappa shape index (κ3) is 4.72. The Morgan fingerprint density at radius 1 is 1.02 bits per heavy atom. The van der Waals surface area contributed by atoms with Crippen LogP contribution in [-0.4, -0.2) is 43.4 Å². The maximum atomic E-state index is 13.3. The van der Waals surface area contributed by atoms with E-state index in [1.807, 2.05) is 30.3 Å². The molecule has 2 aromatic rings. The van der Waals surface area contributed by atoms with Crippen LogP contribution in [0.3, 0.4) is 0 Å². The van der Waals surface area contributed by atoms with E-state index < -0.39 is 34.4 Å². The molecule has 0 aromatic heterocycles. The van der Waals surface area contributed by atoms with E-state index in [0.717, 1.165) is 48.4 Å². The van der Waals surface area contributed by atoms with E-state index in [-0.39, 0.29) is 36.1 Å². The van der Waals surface area contributed by atoms with Gasteiger partial charge in [0.1, 0.15) is 28.6 Å². The van der Waals surface area contributed by atoms with Crippen LogP contribution in [0, 0.1) is 11.8 Å². The van der Waals surface area contributed by atoms with Gasteiger partial charge in [-0.2, -0.15) is 0 Å². The number of hydrogen-bond donors (Lipinski definition) is 4. The number of hydrogen-bond acceptors (Lipinski definition) is 7. The molecule has 7 nitrogen and oxygen atoms in total. The fraction of sp³-hybridized carbons (Fsp3) is 0.382. The molecule has 7 heteroatoms.